The van der Waals surface area contributed by atoms with E-state index in [1.54, 1.807) is 0 Å². The van der Waals surface area contributed by atoms with Crippen molar-refractivity contribution in [3.05, 3.63) is 34.8 Å². The summed E-state index contributed by atoms with van der Waals surface area (Å²) in [6.07, 6.45) is 3.06. The summed E-state index contributed by atoms with van der Waals surface area (Å²) in [5.74, 6) is 3.23. The summed E-state index contributed by atoms with van der Waals surface area (Å²) in [5, 5.41) is 8.51. The fourth-order valence-corrected chi connectivity index (χ4v) is 4.69. The van der Waals surface area contributed by atoms with Crippen LogP contribution < -0.4 is 5.73 Å². The minimum atomic E-state index is 0.727. The van der Waals surface area contributed by atoms with Crippen LogP contribution in [0.3, 0.4) is 0 Å². The number of rotatable bonds is 1. The Morgan fingerprint density at radius 3 is 3.11 bits per heavy atom. The van der Waals surface area contributed by atoms with Crippen molar-refractivity contribution in [3.8, 4) is 10.7 Å². The van der Waals surface area contributed by atoms with Gasteiger partial charge in [-0.15, -0.1) is 21.5 Å². The number of hydrogen-bond donors (Lipinski definition) is 1. The van der Waals surface area contributed by atoms with Crippen molar-refractivity contribution in [1.82, 2.24) is 14.6 Å². The minimum Gasteiger partial charge on any atom is -0.398 e. The summed E-state index contributed by atoms with van der Waals surface area (Å²) < 4.78 is 1.97. The number of nitrogens with two attached hydrogens (primary N) is 1. The largest absolute Gasteiger partial charge is 0.398 e. The van der Waals surface area contributed by atoms with Gasteiger partial charge < -0.3 is 5.73 Å². The molecular weight excluding hydrogens is 276 g/mol. The van der Waals surface area contributed by atoms with E-state index in [1.165, 1.54) is 27.5 Å². The van der Waals surface area contributed by atoms with Gasteiger partial charge >= 0.3 is 0 Å². The quantitative estimate of drug-likeness (QED) is 0.748. The molecule has 1 aliphatic heterocycles. The van der Waals surface area contributed by atoms with Crippen molar-refractivity contribution in [3.63, 3.8) is 0 Å². The second-order valence-corrected chi connectivity index (χ2v) is 6.82. The maximum absolute atomic E-state index is 5.85. The normalized spacial score (nSPS) is 14.7. The SMILES string of the molecule is Nc1ccc2nnc(-c3cc4c(s3)CCSC4)n2c1. The lowest BCUT2D eigenvalue weighted by atomic mass is 10.2. The van der Waals surface area contributed by atoms with E-state index < -0.39 is 0 Å². The molecule has 4 heterocycles. The number of nitrogen functional groups attached to an aromatic ring is 1. The Morgan fingerprint density at radius 1 is 1.26 bits per heavy atom. The second kappa shape index (κ2) is 4.25. The molecule has 6 heteroatoms. The van der Waals surface area contributed by atoms with E-state index in [-0.39, 0.29) is 0 Å². The third-order valence-electron chi connectivity index (χ3n) is 3.27. The molecule has 0 unspecified atom stereocenters. The predicted molar refractivity (Wildman–Crippen MR) is 80.6 cm³/mol. The van der Waals surface area contributed by atoms with Gasteiger partial charge in [-0.05, 0) is 35.9 Å². The highest BCUT2D eigenvalue weighted by Crippen LogP contribution is 2.36. The van der Waals surface area contributed by atoms with Crippen LogP contribution in [-0.2, 0) is 12.2 Å². The van der Waals surface area contributed by atoms with Crippen LogP contribution in [0.15, 0.2) is 24.4 Å². The van der Waals surface area contributed by atoms with Crippen LogP contribution in [0.2, 0.25) is 0 Å². The molecule has 0 saturated heterocycles. The number of aromatic nitrogens is 3. The number of pyridine rings is 1. The Morgan fingerprint density at radius 2 is 2.21 bits per heavy atom. The van der Waals surface area contributed by atoms with Crippen molar-refractivity contribution >= 4 is 34.4 Å². The number of fused-ring (bicyclic) bond motifs is 2. The molecule has 19 heavy (non-hydrogen) atoms. The first kappa shape index (κ1) is 11.3. The molecule has 3 aromatic heterocycles. The first-order chi connectivity index (χ1) is 9.31. The zero-order valence-corrected chi connectivity index (χ0v) is 11.8. The minimum absolute atomic E-state index is 0.727. The first-order valence-electron chi connectivity index (χ1n) is 6.11. The van der Waals surface area contributed by atoms with Crippen LogP contribution in [0.4, 0.5) is 5.69 Å². The van der Waals surface area contributed by atoms with E-state index in [2.05, 4.69) is 16.3 Å². The molecule has 0 radical (unpaired) electrons. The highest BCUT2D eigenvalue weighted by molar-refractivity contribution is 7.98. The van der Waals surface area contributed by atoms with Crippen molar-refractivity contribution in [2.24, 2.45) is 0 Å². The average molecular weight is 288 g/mol. The Hall–Kier alpha value is -1.53. The van der Waals surface area contributed by atoms with Crippen molar-refractivity contribution in [2.75, 3.05) is 11.5 Å². The molecule has 3 aromatic rings. The van der Waals surface area contributed by atoms with E-state index in [4.69, 9.17) is 5.73 Å². The molecule has 96 valence electrons. The van der Waals surface area contributed by atoms with Gasteiger partial charge in [0.05, 0.1) is 4.88 Å². The Balaban J connectivity index is 1.89. The summed E-state index contributed by atoms with van der Waals surface area (Å²) in [6.45, 7) is 0. The Bertz CT molecular complexity index is 736. The van der Waals surface area contributed by atoms with Crippen LogP contribution in [0.1, 0.15) is 10.4 Å². The second-order valence-electron chi connectivity index (χ2n) is 4.58. The number of anilines is 1. The van der Waals surface area contributed by atoms with E-state index in [1.807, 2.05) is 45.8 Å². The molecule has 4 nitrogen and oxygen atoms in total. The molecule has 0 aliphatic carbocycles. The predicted octanol–water partition coefficient (Wildman–Crippen LogP) is 2.83. The maximum Gasteiger partial charge on any atom is 0.178 e. The van der Waals surface area contributed by atoms with Crippen molar-refractivity contribution in [2.45, 2.75) is 12.2 Å². The number of aryl methyl sites for hydroxylation is 1. The topological polar surface area (TPSA) is 56.2 Å². The highest BCUT2D eigenvalue weighted by atomic mass is 32.2. The lowest BCUT2D eigenvalue weighted by molar-refractivity contribution is 1.11. The zero-order chi connectivity index (χ0) is 12.8. The average Bonchev–Trinajstić information content (AvgIpc) is 3.00. The third kappa shape index (κ3) is 1.82. The Kier molecular flexibility index (Phi) is 2.53. The lowest BCUT2D eigenvalue weighted by Gasteiger charge is -2.08. The summed E-state index contributed by atoms with van der Waals surface area (Å²) in [7, 11) is 0. The molecule has 0 atom stereocenters. The van der Waals surface area contributed by atoms with Gasteiger partial charge in [0.25, 0.3) is 0 Å². The molecule has 0 saturated carbocycles. The summed E-state index contributed by atoms with van der Waals surface area (Å²) in [6, 6.07) is 6.00. The molecular formula is C13H12N4S2. The van der Waals surface area contributed by atoms with Gasteiger partial charge in [0.1, 0.15) is 0 Å². The van der Waals surface area contributed by atoms with Gasteiger partial charge in [-0.3, -0.25) is 4.40 Å². The van der Waals surface area contributed by atoms with Gasteiger partial charge in [-0.1, -0.05) is 0 Å². The standard InChI is InChI=1S/C13H12N4S2/c14-9-1-2-12-15-16-13(17(12)6-9)11-5-8-7-18-4-3-10(8)19-11/h1-2,5-6H,3-4,7,14H2. The molecule has 1 aliphatic rings. The lowest BCUT2D eigenvalue weighted by Crippen LogP contribution is -1.96. The smallest absolute Gasteiger partial charge is 0.178 e. The maximum atomic E-state index is 5.85. The van der Waals surface area contributed by atoms with Crippen molar-refractivity contribution < 1.29 is 0 Å². The highest BCUT2D eigenvalue weighted by Gasteiger charge is 2.17. The van der Waals surface area contributed by atoms with Crippen LogP contribution in [-0.4, -0.2) is 20.4 Å². The Labute approximate surface area is 118 Å². The molecule has 0 bridgehead atoms. The monoisotopic (exact) mass is 288 g/mol. The van der Waals surface area contributed by atoms with Gasteiger partial charge in [-0.2, -0.15) is 11.8 Å². The molecule has 0 aromatic carbocycles. The van der Waals surface area contributed by atoms with Crippen LogP contribution in [0.25, 0.3) is 16.3 Å². The number of nitrogens with zero attached hydrogens (tertiary/aromatic N) is 3. The zero-order valence-electron chi connectivity index (χ0n) is 10.2. The molecule has 0 fully saturated rings. The van der Waals surface area contributed by atoms with Gasteiger partial charge in [0.15, 0.2) is 11.5 Å². The van der Waals surface area contributed by atoms with E-state index in [9.17, 15) is 0 Å². The number of thiophene rings is 1. The van der Waals surface area contributed by atoms with Gasteiger partial charge in [-0.25, -0.2) is 0 Å². The molecule has 0 spiro atoms. The van der Waals surface area contributed by atoms with Crippen LogP contribution in [0, 0.1) is 0 Å². The first-order valence-corrected chi connectivity index (χ1v) is 8.08. The molecule has 4 rings (SSSR count). The van der Waals surface area contributed by atoms with Gasteiger partial charge in [0, 0.05) is 22.5 Å². The van der Waals surface area contributed by atoms with Crippen LogP contribution in [0.5, 0.6) is 0 Å². The molecule has 2 N–H and O–H groups in total. The van der Waals surface area contributed by atoms with Crippen LogP contribution >= 0.6 is 23.1 Å². The molecule has 0 amide bonds. The number of thioether (sulfide) groups is 1. The van der Waals surface area contributed by atoms with E-state index in [0.717, 1.165) is 22.9 Å². The summed E-state index contributed by atoms with van der Waals surface area (Å²) in [5.41, 5.74) is 8.87. The van der Waals surface area contributed by atoms with E-state index >= 15 is 0 Å². The van der Waals surface area contributed by atoms with Gasteiger partial charge in [0.2, 0.25) is 0 Å². The van der Waals surface area contributed by atoms with E-state index in [0.29, 0.717) is 0 Å². The fourth-order valence-electron chi connectivity index (χ4n) is 2.33. The summed E-state index contributed by atoms with van der Waals surface area (Å²) >= 11 is 3.83. The summed E-state index contributed by atoms with van der Waals surface area (Å²) in [4.78, 5) is 2.68. The fraction of sp³-hybridized carbons (Fsp3) is 0.231. The third-order valence-corrected chi connectivity index (χ3v) is 5.51. The van der Waals surface area contributed by atoms with Crippen molar-refractivity contribution in [1.29, 1.82) is 0 Å². The number of hydrogen-bond acceptors (Lipinski definition) is 5.